The smallest absolute Gasteiger partial charge is 0.227 e. The van der Waals surface area contributed by atoms with Gasteiger partial charge in [-0.2, -0.15) is 0 Å². The fourth-order valence-electron chi connectivity index (χ4n) is 2.92. The van der Waals surface area contributed by atoms with Crippen LogP contribution in [0.1, 0.15) is 38.2 Å². The number of hydrogen-bond donors (Lipinski definition) is 2. The van der Waals surface area contributed by atoms with Gasteiger partial charge in [0.1, 0.15) is 5.75 Å². The summed E-state index contributed by atoms with van der Waals surface area (Å²) >= 11 is 0. The highest BCUT2D eigenvalue weighted by atomic mass is 16.3. The maximum atomic E-state index is 12.6. The Balaban J connectivity index is 2.19. The minimum atomic E-state index is 0.00916. The zero-order chi connectivity index (χ0) is 14.8. The molecule has 20 heavy (non-hydrogen) atoms. The Morgan fingerprint density at radius 3 is 2.65 bits per heavy atom. The molecule has 4 heteroatoms. The molecule has 0 atom stereocenters. The number of nitrogens with zero attached hydrogens (tertiary/aromatic N) is 1. The summed E-state index contributed by atoms with van der Waals surface area (Å²) < 4.78 is 0. The highest BCUT2D eigenvalue weighted by Gasteiger charge is 2.38. The van der Waals surface area contributed by atoms with Gasteiger partial charge in [-0.05, 0) is 50.3 Å². The molecule has 0 radical (unpaired) electrons. The topological polar surface area (TPSA) is 66.6 Å². The lowest BCUT2D eigenvalue weighted by atomic mass is 9.66. The van der Waals surface area contributed by atoms with E-state index in [1.165, 1.54) is 6.42 Å². The molecule has 1 aromatic carbocycles. The van der Waals surface area contributed by atoms with E-state index in [0.717, 1.165) is 24.1 Å². The van der Waals surface area contributed by atoms with Crippen LogP contribution in [-0.4, -0.2) is 24.1 Å². The summed E-state index contributed by atoms with van der Waals surface area (Å²) in [6, 6.07) is 5.14. The van der Waals surface area contributed by atoms with Crippen LogP contribution in [0.4, 0.5) is 5.69 Å². The molecular weight excluding hydrogens is 252 g/mol. The van der Waals surface area contributed by atoms with Gasteiger partial charge in [0, 0.05) is 19.0 Å². The summed E-state index contributed by atoms with van der Waals surface area (Å²) in [7, 11) is 0. The monoisotopic (exact) mass is 276 g/mol. The second kappa shape index (κ2) is 5.83. The Labute approximate surface area is 120 Å². The lowest BCUT2D eigenvalue weighted by Crippen LogP contribution is -2.43. The highest BCUT2D eigenvalue weighted by Crippen LogP contribution is 2.43. The van der Waals surface area contributed by atoms with Crippen molar-refractivity contribution in [2.24, 2.45) is 11.1 Å². The number of carbonyl (C=O) groups excluding carboxylic acids is 1. The molecule has 2 rings (SSSR count). The molecule has 110 valence electrons. The number of aromatic hydroxyl groups is 1. The molecule has 1 aliphatic rings. The summed E-state index contributed by atoms with van der Waals surface area (Å²) in [5, 5.41) is 9.64. The van der Waals surface area contributed by atoms with Gasteiger partial charge in [-0.1, -0.05) is 12.5 Å². The van der Waals surface area contributed by atoms with Gasteiger partial charge in [-0.15, -0.1) is 0 Å². The van der Waals surface area contributed by atoms with E-state index in [2.05, 4.69) is 0 Å². The number of hydrogen-bond acceptors (Lipinski definition) is 3. The number of nitrogens with two attached hydrogens (primary N) is 1. The molecule has 0 aromatic heterocycles. The summed E-state index contributed by atoms with van der Waals surface area (Å²) in [6.07, 6.45) is 3.77. The molecule has 3 N–H and O–H groups in total. The third-order valence-electron chi connectivity index (χ3n) is 4.47. The maximum Gasteiger partial charge on any atom is 0.227 e. The van der Waals surface area contributed by atoms with Crippen LogP contribution in [0, 0.1) is 12.3 Å². The van der Waals surface area contributed by atoms with Crippen molar-refractivity contribution < 1.29 is 9.90 Å². The molecule has 1 aromatic rings. The molecule has 0 heterocycles. The summed E-state index contributed by atoms with van der Waals surface area (Å²) in [4.78, 5) is 14.3. The highest BCUT2D eigenvalue weighted by molar-refractivity contribution is 5.94. The quantitative estimate of drug-likeness (QED) is 0.868. The minimum Gasteiger partial charge on any atom is -0.508 e. The SMILES string of the molecule is CCN(C(=O)CC1(CN)CCC1)c1cc(O)ccc1C. The lowest BCUT2D eigenvalue weighted by molar-refractivity contribution is -0.122. The Morgan fingerprint density at radius 2 is 2.15 bits per heavy atom. The molecule has 0 aliphatic heterocycles. The summed E-state index contributed by atoms with van der Waals surface area (Å²) in [6.45, 7) is 5.09. The largest absolute Gasteiger partial charge is 0.508 e. The van der Waals surface area contributed by atoms with Crippen molar-refractivity contribution in [3.05, 3.63) is 23.8 Å². The first-order valence-electron chi connectivity index (χ1n) is 7.31. The van der Waals surface area contributed by atoms with Crippen molar-refractivity contribution in [3.8, 4) is 5.75 Å². The van der Waals surface area contributed by atoms with E-state index in [-0.39, 0.29) is 17.1 Å². The molecule has 4 nitrogen and oxygen atoms in total. The minimum absolute atomic E-state index is 0.00916. The zero-order valence-corrected chi connectivity index (χ0v) is 12.4. The van der Waals surface area contributed by atoms with Gasteiger partial charge in [0.15, 0.2) is 0 Å². The Kier molecular flexibility index (Phi) is 4.33. The number of anilines is 1. The van der Waals surface area contributed by atoms with Crippen LogP contribution >= 0.6 is 0 Å². The van der Waals surface area contributed by atoms with Gasteiger partial charge in [-0.25, -0.2) is 0 Å². The average molecular weight is 276 g/mol. The van der Waals surface area contributed by atoms with E-state index in [0.29, 0.717) is 19.5 Å². The van der Waals surface area contributed by atoms with Gasteiger partial charge in [0.25, 0.3) is 0 Å². The fourth-order valence-corrected chi connectivity index (χ4v) is 2.92. The van der Waals surface area contributed by atoms with Gasteiger partial charge < -0.3 is 15.7 Å². The fraction of sp³-hybridized carbons (Fsp3) is 0.562. The third-order valence-corrected chi connectivity index (χ3v) is 4.47. The Morgan fingerprint density at radius 1 is 1.45 bits per heavy atom. The predicted octanol–water partition coefficient (Wildman–Crippen LogP) is 2.57. The number of aryl methyl sites for hydroxylation is 1. The molecular formula is C16H24N2O2. The van der Waals surface area contributed by atoms with Crippen molar-refractivity contribution >= 4 is 11.6 Å². The van der Waals surface area contributed by atoms with E-state index >= 15 is 0 Å². The van der Waals surface area contributed by atoms with Crippen LogP contribution in [0.15, 0.2) is 18.2 Å². The van der Waals surface area contributed by atoms with E-state index in [1.807, 2.05) is 19.9 Å². The molecule has 1 amide bonds. The third kappa shape index (κ3) is 2.80. The number of phenols is 1. The van der Waals surface area contributed by atoms with E-state index in [1.54, 1.807) is 17.0 Å². The number of amides is 1. The second-order valence-electron chi connectivity index (χ2n) is 5.84. The van der Waals surface area contributed by atoms with Crippen molar-refractivity contribution in [2.75, 3.05) is 18.0 Å². The molecule has 0 spiro atoms. The van der Waals surface area contributed by atoms with E-state index in [4.69, 9.17) is 5.73 Å². The van der Waals surface area contributed by atoms with Gasteiger partial charge in [0.2, 0.25) is 5.91 Å². The molecule has 0 unspecified atom stereocenters. The van der Waals surface area contributed by atoms with Crippen LogP contribution in [0.2, 0.25) is 0 Å². The van der Waals surface area contributed by atoms with Gasteiger partial charge in [-0.3, -0.25) is 4.79 Å². The molecule has 1 saturated carbocycles. The van der Waals surface area contributed by atoms with Crippen molar-refractivity contribution in [2.45, 2.75) is 39.5 Å². The molecule has 0 saturated heterocycles. The van der Waals surface area contributed by atoms with Crippen molar-refractivity contribution in [1.82, 2.24) is 0 Å². The number of benzene rings is 1. The van der Waals surface area contributed by atoms with E-state index in [9.17, 15) is 9.90 Å². The van der Waals surface area contributed by atoms with Crippen LogP contribution < -0.4 is 10.6 Å². The van der Waals surface area contributed by atoms with Gasteiger partial charge in [0.05, 0.1) is 5.69 Å². The number of rotatable bonds is 5. The summed E-state index contributed by atoms with van der Waals surface area (Å²) in [5.41, 5.74) is 7.64. The first-order chi connectivity index (χ1) is 9.51. The molecule has 1 aliphatic carbocycles. The first kappa shape index (κ1) is 14.9. The molecule has 0 bridgehead atoms. The normalized spacial score (nSPS) is 16.6. The van der Waals surface area contributed by atoms with E-state index < -0.39 is 0 Å². The van der Waals surface area contributed by atoms with Crippen LogP contribution in [0.5, 0.6) is 5.75 Å². The number of carbonyl (C=O) groups is 1. The lowest BCUT2D eigenvalue weighted by Gasteiger charge is -2.41. The first-order valence-corrected chi connectivity index (χ1v) is 7.31. The van der Waals surface area contributed by atoms with Crippen LogP contribution in [0.3, 0.4) is 0 Å². The Bertz CT molecular complexity index is 490. The average Bonchev–Trinajstić information content (AvgIpc) is 2.39. The van der Waals surface area contributed by atoms with Crippen LogP contribution in [0.25, 0.3) is 0 Å². The summed E-state index contributed by atoms with van der Waals surface area (Å²) in [5.74, 6) is 0.292. The second-order valence-corrected chi connectivity index (χ2v) is 5.84. The number of phenolic OH excluding ortho intramolecular Hbond substituents is 1. The maximum absolute atomic E-state index is 12.6. The van der Waals surface area contributed by atoms with Crippen molar-refractivity contribution in [3.63, 3.8) is 0 Å². The Hall–Kier alpha value is -1.55. The predicted molar refractivity (Wildman–Crippen MR) is 80.8 cm³/mol. The van der Waals surface area contributed by atoms with Gasteiger partial charge >= 0.3 is 0 Å². The van der Waals surface area contributed by atoms with Crippen LogP contribution in [-0.2, 0) is 4.79 Å². The molecule has 1 fully saturated rings. The standard InChI is InChI=1S/C16H24N2O2/c1-3-18(14-9-13(19)6-5-12(14)2)15(20)10-16(11-17)7-4-8-16/h5-6,9,19H,3-4,7-8,10-11,17H2,1-2H3. The zero-order valence-electron chi connectivity index (χ0n) is 12.4. The van der Waals surface area contributed by atoms with Crippen molar-refractivity contribution in [1.29, 1.82) is 0 Å².